The summed E-state index contributed by atoms with van der Waals surface area (Å²) in [5.41, 5.74) is -5.89. The minimum atomic E-state index is -2.73. The van der Waals surface area contributed by atoms with Crippen molar-refractivity contribution in [3.63, 3.8) is 0 Å². The Labute approximate surface area is 417 Å². The molecule has 0 radical (unpaired) electrons. The summed E-state index contributed by atoms with van der Waals surface area (Å²) in [5, 5.41) is 3.03. The van der Waals surface area contributed by atoms with E-state index >= 15 is 0 Å². The van der Waals surface area contributed by atoms with Crippen molar-refractivity contribution in [1.82, 2.24) is 5.32 Å². The molecule has 0 spiro atoms. The Morgan fingerprint density at radius 2 is 1.18 bits per heavy atom. The largest absolute Gasteiger partial charge is 0.493 e. The fraction of sp³-hybridized carbons (Fsp3) is 0.137. The number of halogens is 12. The highest BCUT2D eigenvalue weighted by Gasteiger charge is 2.34. The minimum Gasteiger partial charge on any atom is -0.493 e. The van der Waals surface area contributed by atoms with E-state index in [1.165, 1.54) is 12.1 Å². The van der Waals surface area contributed by atoms with E-state index in [1.54, 1.807) is 0 Å². The number of allylic oxidation sites excluding steroid dienone is 5. The molecule has 6 aromatic rings. The number of benzene rings is 5. The van der Waals surface area contributed by atoms with Gasteiger partial charge in [0.25, 0.3) is 0 Å². The van der Waals surface area contributed by atoms with Crippen molar-refractivity contribution in [3.8, 4) is 40.2 Å². The van der Waals surface area contributed by atoms with Gasteiger partial charge in [-0.1, -0.05) is 6.07 Å². The number of carbonyl (C=O) groups is 3. The Balaban J connectivity index is 1.36. The van der Waals surface area contributed by atoms with Gasteiger partial charge in [-0.25, -0.2) is 71.9 Å². The highest BCUT2D eigenvalue weighted by molar-refractivity contribution is 6.07. The molecule has 0 saturated heterocycles. The number of esters is 3. The van der Waals surface area contributed by atoms with Gasteiger partial charge < -0.3 is 42.9 Å². The second-order valence-corrected chi connectivity index (χ2v) is 15.8. The molecule has 1 atom stereocenters. The molecule has 2 heterocycles. The van der Waals surface area contributed by atoms with Crippen LogP contribution in [0.3, 0.4) is 0 Å². The molecule has 13 nitrogen and oxygen atoms in total. The summed E-state index contributed by atoms with van der Waals surface area (Å²) in [6.07, 6.45) is -2.82. The van der Waals surface area contributed by atoms with Crippen molar-refractivity contribution >= 4 is 40.1 Å². The maximum Gasteiger partial charge on any atom is 0.346 e. The van der Waals surface area contributed by atoms with Crippen LogP contribution in [0, 0.1) is 46.5 Å². The lowest BCUT2D eigenvalue weighted by atomic mass is 9.87. The van der Waals surface area contributed by atoms with E-state index in [4.69, 9.17) is 37.6 Å². The predicted octanol–water partition coefficient (Wildman–Crippen LogP) is 10.6. The van der Waals surface area contributed by atoms with E-state index in [2.05, 4.69) is 5.32 Å². The van der Waals surface area contributed by atoms with Crippen LogP contribution in [0.1, 0.15) is 43.0 Å². The molecule has 0 saturated carbocycles. The second kappa shape index (κ2) is 21.0. The molecule has 1 unspecified atom stereocenters. The molecule has 5 aromatic carbocycles. The second-order valence-electron chi connectivity index (χ2n) is 15.8. The molecule has 0 amide bonds. The van der Waals surface area contributed by atoms with Crippen LogP contribution in [0.4, 0.5) is 52.7 Å². The molecule has 1 N–H and O–H groups in total. The van der Waals surface area contributed by atoms with Crippen molar-refractivity contribution in [2.24, 2.45) is 0 Å². The van der Waals surface area contributed by atoms with Crippen molar-refractivity contribution in [2.45, 2.75) is 12.6 Å². The number of methoxy groups -OCH3 is 4. The number of alkyl halides is 1. The van der Waals surface area contributed by atoms with Gasteiger partial charge in [0.2, 0.25) is 5.75 Å². The van der Waals surface area contributed by atoms with E-state index < -0.39 is 145 Å². The lowest BCUT2D eigenvalue weighted by molar-refractivity contribution is -0.130. The molecule has 0 fully saturated rings. The minimum absolute atomic E-state index is 0.00325. The van der Waals surface area contributed by atoms with Crippen LogP contribution in [0.15, 0.2) is 99.0 Å². The quantitative estimate of drug-likeness (QED) is 0.0309. The normalized spacial score (nSPS) is 14.9. The molecule has 0 bridgehead atoms. The first-order valence-electron chi connectivity index (χ1n) is 21.3. The van der Waals surface area contributed by atoms with Crippen LogP contribution >= 0.6 is 0 Å². The summed E-state index contributed by atoms with van der Waals surface area (Å²) in [7, 11) is 4.35. The van der Waals surface area contributed by atoms with E-state index in [1.807, 2.05) is 0 Å². The Morgan fingerprint density at radius 1 is 0.592 bits per heavy atom. The van der Waals surface area contributed by atoms with Gasteiger partial charge in [-0.05, 0) is 60.5 Å². The number of ether oxygens (including phenoxy) is 7. The lowest BCUT2D eigenvalue weighted by Gasteiger charge is -2.28. The Morgan fingerprint density at radius 3 is 1.79 bits per heavy atom. The van der Waals surface area contributed by atoms with Gasteiger partial charge >= 0.3 is 23.5 Å². The van der Waals surface area contributed by atoms with Gasteiger partial charge in [-0.15, -0.1) is 0 Å². The zero-order chi connectivity index (χ0) is 55.2. The average molecular weight is 1080 g/mol. The Bertz CT molecular complexity index is 3680. The van der Waals surface area contributed by atoms with E-state index in [0.717, 1.165) is 58.8 Å². The molecule has 1 aliphatic carbocycles. The third kappa shape index (κ3) is 9.61. The van der Waals surface area contributed by atoms with Gasteiger partial charge in [0.1, 0.15) is 16.7 Å². The maximum absolute atomic E-state index is 15.0. The summed E-state index contributed by atoms with van der Waals surface area (Å²) in [4.78, 5) is 53.7. The molecule has 25 heteroatoms. The van der Waals surface area contributed by atoms with Crippen molar-refractivity contribution < 1.29 is 105 Å². The number of carbonyl (C=O) groups excluding carboxylic acids is 3. The van der Waals surface area contributed by atoms with Crippen LogP contribution in [0.5, 0.6) is 40.2 Å². The number of nitrogens with one attached hydrogen (secondary N) is 1. The molecule has 76 heavy (non-hydrogen) atoms. The summed E-state index contributed by atoms with van der Waals surface area (Å²) in [6.45, 7) is -0.129. The van der Waals surface area contributed by atoms with Gasteiger partial charge in [0, 0.05) is 46.3 Å². The predicted molar refractivity (Wildman–Crippen MR) is 239 cm³/mol. The molecular weight excluding hydrogens is 1050 g/mol. The summed E-state index contributed by atoms with van der Waals surface area (Å²) >= 11 is 0. The number of rotatable bonds is 12. The third-order valence-electron chi connectivity index (χ3n) is 11.4. The fourth-order valence-corrected chi connectivity index (χ4v) is 7.93. The van der Waals surface area contributed by atoms with Crippen LogP contribution < -0.4 is 44.1 Å². The smallest absolute Gasteiger partial charge is 0.346 e. The highest BCUT2D eigenvalue weighted by atomic mass is 19.2. The monoisotopic (exact) mass is 1080 g/mol. The van der Waals surface area contributed by atoms with Crippen LogP contribution in [-0.4, -0.2) is 59.1 Å². The molecule has 1 aliphatic heterocycles. The zero-order valence-corrected chi connectivity index (χ0v) is 38.8. The number of hydrogen-bond acceptors (Lipinski definition) is 13. The highest BCUT2D eigenvalue weighted by Crippen LogP contribution is 2.49. The van der Waals surface area contributed by atoms with Crippen LogP contribution in [0.25, 0.3) is 22.2 Å². The summed E-state index contributed by atoms with van der Waals surface area (Å²) in [6, 6.07) is 7.73. The Kier molecular flexibility index (Phi) is 14.7. The number of fused-ring (bicyclic) bond motifs is 2. The van der Waals surface area contributed by atoms with Crippen LogP contribution in [0.2, 0.25) is 0 Å². The first-order valence-corrected chi connectivity index (χ1v) is 21.3. The third-order valence-corrected chi connectivity index (χ3v) is 11.4. The standard InChI is InChI=1S/C51H29F12NO12/c1-69-33-9-18(5-6-31(33)74-50(67)24-11-28(54)42(60)44(62)39(24)57)38(21-15-37(65)73-32-17-35(34(70-2)13-20(21)32)75-49(66)23-10-27(53)41(59)30(56)16-26(23)52)46-22-14-36(71-3)48(72-4)47(19(22)7-8-64-46)76-51(68)25-12-29(55)43(61)45(63)40(25)58/h5-6,9-17,26,64H,7-8H2,1-4H3/b46-38-. The van der Waals surface area contributed by atoms with E-state index in [9.17, 15) is 71.9 Å². The first kappa shape index (κ1) is 53.1. The molecule has 2 aliphatic rings. The van der Waals surface area contributed by atoms with Gasteiger partial charge in [-0.3, -0.25) is 0 Å². The SMILES string of the molecule is COc1cc2c(/C(=C3\NCCc4c3cc(OC)c(OC)c4OC(=O)c3cc(F)c(F)c(F)c3F)c3ccc(OC(=O)c4cc(F)c(F)c(F)c4F)c(OC)c3)cc(=O)oc2cc1OC(=O)C1=CC(F)=C(F)C(F)=CC1F. The summed E-state index contributed by atoms with van der Waals surface area (Å²) in [5.74, 6) is -31.5. The van der Waals surface area contributed by atoms with Crippen molar-refractivity contribution in [1.29, 1.82) is 0 Å². The van der Waals surface area contributed by atoms with Gasteiger partial charge in [0.15, 0.2) is 105 Å². The van der Waals surface area contributed by atoms with E-state index in [-0.39, 0.29) is 87.7 Å². The number of hydrogen-bond donors (Lipinski definition) is 1. The average Bonchev–Trinajstić information content (AvgIpc) is 3.49. The first-order chi connectivity index (χ1) is 36.1. The molecular formula is C51H29F12NO12. The fourth-order valence-electron chi connectivity index (χ4n) is 7.93. The zero-order valence-electron chi connectivity index (χ0n) is 38.8. The van der Waals surface area contributed by atoms with Gasteiger partial charge in [-0.2, -0.15) is 0 Å². The van der Waals surface area contributed by atoms with Gasteiger partial charge in [0.05, 0.1) is 39.7 Å². The molecule has 8 rings (SSSR count). The van der Waals surface area contributed by atoms with Crippen molar-refractivity contribution in [3.05, 3.63) is 180 Å². The van der Waals surface area contributed by atoms with E-state index in [0.29, 0.717) is 0 Å². The Hall–Kier alpha value is -9.16. The van der Waals surface area contributed by atoms with Crippen molar-refractivity contribution in [2.75, 3.05) is 35.0 Å². The molecule has 1 aromatic heterocycles. The topological polar surface area (TPSA) is 158 Å². The lowest BCUT2D eigenvalue weighted by Crippen LogP contribution is -2.26. The summed E-state index contributed by atoms with van der Waals surface area (Å²) < 4.78 is 215. The molecule has 394 valence electrons. The maximum atomic E-state index is 15.0. The van der Waals surface area contributed by atoms with Crippen LogP contribution in [-0.2, 0) is 11.2 Å².